The first-order valence-corrected chi connectivity index (χ1v) is 10.8. The monoisotopic (exact) mass is 381 g/mol. The summed E-state index contributed by atoms with van der Waals surface area (Å²) in [6.07, 6.45) is 7.57. The molecule has 2 aromatic rings. The fourth-order valence-corrected chi connectivity index (χ4v) is 6.67. The molecular formula is C24H31NO3. The number of hydrogen-bond donors (Lipinski definition) is 1. The molecule has 0 unspecified atom stereocenters. The van der Waals surface area contributed by atoms with Crippen LogP contribution >= 0.6 is 0 Å². The van der Waals surface area contributed by atoms with Crippen LogP contribution < -0.4 is 5.63 Å². The summed E-state index contributed by atoms with van der Waals surface area (Å²) in [4.78, 5) is 15.2. The maximum atomic E-state index is 12.6. The van der Waals surface area contributed by atoms with Crippen LogP contribution in [0.1, 0.15) is 69.6 Å². The van der Waals surface area contributed by atoms with Gasteiger partial charge in [0, 0.05) is 30.1 Å². The van der Waals surface area contributed by atoms with Gasteiger partial charge in [0.1, 0.15) is 11.3 Å². The van der Waals surface area contributed by atoms with E-state index in [1.54, 1.807) is 6.07 Å². The molecule has 2 bridgehead atoms. The normalized spacial score (nSPS) is 29.2. The van der Waals surface area contributed by atoms with Gasteiger partial charge in [0.15, 0.2) is 0 Å². The van der Waals surface area contributed by atoms with Crippen molar-refractivity contribution in [3.8, 4) is 5.75 Å². The minimum absolute atomic E-state index is 0.206. The zero-order valence-corrected chi connectivity index (χ0v) is 17.3. The highest BCUT2D eigenvalue weighted by Crippen LogP contribution is 2.53. The number of nitrogens with zero attached hydrogens (tertiary/aromatic N) is 1. The highest BCUT2D eigenvalue weighted by molar-refractivity contribution is 5.86. The van der Waals surface area contributed by atoms with Crippen molar-refractivity contribution in [1.82, 2.24) is 4.90 Å². The number of phenols is 1. The third-order valence-corrected chi connectivity index (χ3v) is 7.35. The fourth-order valence-electron chi connectivity index (χ4n) is 6.67. The van der Waals surface area contributed by atoms with E-state index >= 15 is 0 Å². The van der Waals surface area contributed by atoms with Gasteiger partial charge in [-0.05, 0) is 73.5 Å². The minimum atomic E-state index is -0.206. The lowest BCUT2D eigenvalue weighted by Crippen LogP contribution is -2.34. The second-order valence-electron chi connectivity index (χ2n) is 10.6. The highest BCUT2D eigenvalue weighted by Gasteiger charge is 2.49. The van der Waals surface area contributed by atoms with E-state index in [1.807, 2.05) is 6.07 Å². The fraction of sp³-hybridized carbons (Fsp3) is 0.625. The van der Waals surface area contributed by atoms with E-state index in [9.17, 15) is 9.90 Å². The summed E-state index contributed by atoms with van der Waals surface area (Å²) in [7, 11) is 0. The lowest BCUT2D eigenvalue weighted by atomic mass is 9.65. The second kappa shape index (κ2) is 6.09. The van der Waals surface area contributed by atoms with Crippen molar-refractivity contribution in [1.29, 1.82) is 0 Å². The third-order valence-electron chi connectivity index (χ3n) is 7.35. The van der Waals surface area contributed by atoms with Crippen LogP contribution in [0.3, 0.4) is 0 Å². The number of benzene rings is 1. The molecule has 3 aliphatic rings. The summed E-state index contributed by atoms with van der Waals surface area (Å²) in [6.45, 7) is 8.86. The van der Waals surface area contributed by atoms with Crippen LogP contribution in [-0.2, 0) is 19.4 Å². The van der Waals surface area contributed by atoms with Gasteiger partial charge < -0.3 is 9.52 Å². The Kier molecular flexibility index (Phi) is 3.97. The molecule has 1 aliphatic heterocycles. The van der Waals surface area contributed by atoms with Crippen molar-refractivity contribution in [3.63, 3.8) is 0 Å². The van der Waals surface area contributed by atoms with Gasteiger partial charge in [0.2, 0.25) is 0 Å². The molecule has 4 heteroatoms. The number of hydrogen-bond acceptors (Lipinski definition) is 4. The van der Waals surface area contributed by atoms with E-state index in [2.05, 4.69) is 25.7 Å². The molecule has 1 aromatic heterocycles. The van der Waals surface area contributed by atoms with Crippen LogP contribution in [0.4, 0.5) is 0 Å². The van der Waals surface area contributed by atoms with Crippen molar-refractivity contribution in [3.05, 3.63) is 39.2 Å². The van der Waals surface area contributed by atoms with Gasteiger partial charge in [-0.15, -0.1) is 0 Å². The van der Waals surface area contributed by atoms with Crippen LogP contribution in [0.25, 0.3) is 11.0 Å². The number of aryl methyl sites for hydroxylation is 1. The predicted octanol–water partition coefficient (Wildman–Crippen LogP) is 4.78. The summed E-state index contributed by atoms with van der Waals surface area (Å²) < 4.78 is 5.82. The quantitative estimate of drug-likeness (QED) is 0.761. The first kappa shape index (κ1) is 18.2. The summed E-state index contributed by atoms with van der Waals surface area (Å²) in [5, 5.41) is 11.7. The number of phenolic OH excluding ortho intramolecular Hbond substituents is 1. The van der Waals surface area contributed by atoms with Crippen molar-refractivity contribution >= 4 is 11.0 Å². The van der Waals surface area contributed by atoms with Crippen LogP contribution in [0.2, 0.25) is 0 Å². The number of rotatable bonds is 2. The zero-order chi connectivity index (χ0) is 19.7. The maximum Gasteiger partial charge on any atom is 0.339 e. The average Bonchev–Trinajstić information content (AvgIpc) is 2.86. The first-order chi connectivity index (χ1) is 13.2. The van der Waals surface area contributed by atoms with Crippen molar-refractivity contribution < 1.29 is 9.52 Å². The number of aromatic hydroxyl groups is 1. The van der Waals surface area contributed by atoms with E-state index in [0.717, 1.165) is 54.3 Å². The van der Waals surface area contributed by atoms with Gasteiger partial charge in [-0.25, -0.2) is 4.79 Å². The maximum absolute atomic E-state index is 12.6. The number of likely N-dealkylation sites (tertiary alicyclic amines) is 1. The van der Waals surface area contributed by atoms with Crippen LogP contribution in [-0.4, -0.2) is 22.6 Å². The predicted molar refractivity (Wildman–Crippen MR) is 111 cm³/mol. The third kappa shape index (κ3) is 2.88. The van der Waals surface area contributed by atoms with Crippen LogP contribution in [0.15, 0.2) is 21.3 Å². The summed E-state index contributed by atoms with van der Waals surface area (Å²) in [5.74, 6) is 0.247. The molecule has 150 valence electrons. The molecule has 1 saturated heterocycles. The van der Waals surface area contributed by atoms with Gasteiger partial charge in [-0.1, -0.05) is 20.8 Å². The van der Waals surface area contributed by atoms with Gasteiger partial charge in [0.05, 0.1) is 5.56 Å². The Hall–Kier alpha value is -1.81. The SMILES string of the molecule is CC1(C)C[C@@H]2C[C@](C)(CN2Cc2c(O)ccc3c4c(c(=O)oc23)CCCC4)C1. The molecule has 1 aromatic carbocycles. The summed E-state index contributed by atoms with van der Waals surface area (Å²) in [6, 6.07) is 4.27. The van der Waals surface area contributed by atoms with E-state index in [-0.39, 0.29) is 11.4 Å². The zero-order valence-electron chi connectivity index (χ0n) is 17.3. The van der Waals surface area contributed by atoms with Gasteiger partial charge in [0.25, 0.3) is 0 Å². The van der Waals surface area contributed by atoms with Gasteiger partial charge in [-0.2, -0.15) is 0 Å². The van der Waals surface area contributed by atoms with Gasteiger partial charge in [-0.3, -0.25) is 4.90 Å². The molecule has 5 rings (SSSR count). The molecule has 28 heavy (non-hydrogen) atoms. The first-order valence-electron chi connectivity index (χ1n) is 10.8. The Morgan fingerprint density at radius 3 is 2.68 bits per heavy atom. The van der Waals surface area contributed by atoms with Crippen molar-refractivity contribution in [2.24, 2.45) is 10.8 Å². The van der Waals surface area contributed by atoms with E-state index in [1.165, 1.54) is 19.3 Å². The molecular weight excluding hydrogens is 350 g/mol. The second-order valence-corrected chi connectivity index (χ2v) is 10.6. The molecule has 2 aliphatic carbocycles. The molecule has 1 saturated carbocycles. The Morgan fingerprint density at radius 1 is 1.14 bits per heavy atom. The van der Waals surface area contributed by atoms with E-state index in [4.69, 9.17) is 4.42 Å². The number of fused-ring (bicyclic) bond motifs is 5. The standard InChI is InChI=1S/C24H31NO3/c1-23(2)10-15-11-24(3,13-23)14-25(15)12-19-20(26)9-8-17-16-6-4-5-7-18(16)22(27)28-21(17)19/h8-9,15,26H,4-7,10-14H2,1-3H3/t15-,24+/m1/s1. The topological polar surface area (TPSA) is 53.7 Å². The summed E-state index contributed by atoms with van der Waals surface area (Å²) in [5.41, 5.74) is 3.88. The Morgan fingerprint density at radius 2 is 1.89 bits per heavy atom. The van der Waals surface area contributed by atoms with Crippen molar-refractivity contribution in [2.45, 2.75) is 78.3 Å². The Bertz CT molecular complexity index is 1010. The minimum Gasteiger partial charge on any atom is -0.507 e. The molecule has 0 radical (unpaired) electrons. The van der Waals surface area contributed by atoms with E-state index in [0.29, 0.717) is 29.0 Å². The highest BCUT2D eigenvalue weighted by atomic mass is 16.4. The molecule has 2 atom stereocenters. The van der Waals surface area contributed by atoms with Crippen molar-refractivity contribution in [2.75, 3.05) is 6.54 Å². The molecule has 4 nitrogen and oxygen atoms in total. The molecule has 0 spiro atoms. The Balaban J connectivity index is 1.57. The van der Waals surface area contributed by atoms with Gasteiger partial charge >= 0.3 is 5.63 Å². The lowest BCUT2D eigenvalue weighted by molar-refractivity contribution is 0.126. The van der Waals surface area contributed by atoms with Crippen LogP contribution in [0, 0.1) is 10.8 Å². The molecule has 2 fully saturated rings. The van der Waals surface area contributed by atoms with E-state index < -0.39 is 0 Å². The molecule has 0 amide bonds. The summed E-state index contributed by atoms with van der Waals surface area (Å²) >= 11 is 0. The Labute approximate surface area is 166 Å². The molecule has 1 N–H and O–H groups in total. The largest absolute Gasteiger partial charge is 0.507 e. The van der Waals surface area contributed by atoms with Crippen LogP contribution in [0.5, 0.6) is 5.75 Å². The lowest BCUT2D eigenvalue weighted by Gasteiger charge is -2.40. The average molecular weight is 382 g/mol. The molecule has 2 heterocycles. The smallest absolute Gasteiger partial charge is 0.339 e.